The van der Waals surface area contributed by atoms with Crippen LogP contribution in [0.2, 0.25) is 0 Å². The van der Waals surface area contributed by atoms with Gasteiger partial charge >= 0.3 is 0 Å². The van der Waals surface area contributed by atoms with Crippen LogP contribution in [0, 0.1) is 0 Å². The molecule has 1 aliphatic heterocycles. The van der Waals surface area contributed by atoms with Gasteiger partial charge in [-0.15, -0.1) is 0 Å². The molecule has 0 N–H and O–H groups in total. The summed E-state index contributed by atoms with van der Waals surface area (Å²) in [4.78, 5) is 0. The van der Waals surface area contributed by atoms with Gasteiger partial charge in [0, 0.05) is 5.56 Å². The van der Waals surface area contributed by atoms with E-state index in [-0.39, 0.29) is 12.2 Å². The summed E-state index contributed by atoms with van der Waals surface area (Å²) in [6, 6.07) is 19.9. The van der Waals surface area contributed by atoms with E-state index in [1.165, 1.54) is 43.1 Å². The van der Waals surface area contributed by atoms with E-state index in [1.54, 1.807) is 0 Å². The zero-order valence-electron chi connectivity index (χ0n) is 11.3. The average Bonchev–Trinajstić information content (AvgIpc) is 3.30. The number of epoxide rings is 1. The molecule has 0 amide bonds. The molecule has 1 aliphatic carbocycles. The van der Waals surface area contributed by atoms with Crippen molar-refractivity contribution in [2.75, 3.05) is 0 Å². The molecule has 4 aromatic rings. The van der Waals surface area contributed by atoms with Gasteiger partial charge in [-0.2, -0.15) is 0 Å². The molecule has 0 spiro atoms. The Morgan fingerprint density at radius 2 is 1.43 bits per heavy atom. The van der Waals surface area contributed by atoms with E-state index < -0.39 is 0 Å². The summed E-state index contributed by atoms with van der Waals surface area (Å²) in [5, 5.41) is 9.50. The van der Waals surface area contributed by atoms with Gasteiger partial charge in [-0.3, -0.25) is 0 Å². The van der Waals surface area contributed by atoms with Crippen LogP contribution in [-0.2, 0) is 4.74 Å². The smallest absolute Gasteiger partial charge is 0.114 e. The minimum Gasteiger partial charge on any atom is -0.360 e. The second kappa shape index (κ2) is 3.26. The normalized spacial score (nSPS) is 22.5. The van der Waals surface area contributed by atoms with Crippen molar-refractivity contribution in [2.45, 2.75) is 12.2 Å². The molecule has 6 rings (SSSR count). The third-order valence-corrected chi connectivity index (χ3v) is 5.00. The molecule has 1 heterocycles. The molecule has 1 fully saturated rings. The summed E-state index contributed by atoms with van der Waals surface area (Å²) in [6.45, 7) is 0. The van der Waals surface area contributed by atoms with E-state index in [4.69, 9.17) is 4.74 Å². The Balaban J connectivity index is 2.08. The van der Waals surface area contributed by atoms with Gasteiger partial charge in [0.1, 0.15) is 12.2 Å². The highest BCUT2D eigenvalue weighted by Crippen LogP contribution is 2.49. The van der Waals surface area contributed by atoms with Gasteiger partial charge in [-0.1, -0.05) is 54.6 Å². The third-order valence-electron chi connectivity index (χ3n) is 5.00. The van der Waals surface area contributed by atoms with Crippen molar-refractivity contribution >= 4 is 38.4 Å². The van der Waals surface area contributed by atoms with E-state index in [0.29, 0.717) is 0 Å². The maximum atomic E-state index is 5.91. The molecule has 2 atom stereocenters. The van der Waals surface area contributed by atoms with Crippen molar-refractivity contribution in [2.24, 2.45) is 0 Å². The minimum atomic E-state index is 0.262. The second-order valence-corrected chi connectivity index (χ2v) is 6.08. The summed E-state index contributed by atoms with van der Waals surface area (Å²) in [6.07, 6.45) is 2.82. The molecule has 2 unspecified atom stereocenters. The first kappa shape index (κ1) is 10.4. The van der Waals surface area contributed by atoms with Gasteiger partial charge in [0.15, 0.2) is 0 Å². The molecule has 0 saturated carbocycles. The van der Waals surface area contributed by atoms with Crippen molar-refractivity contribution in [3.63, 3.8) is 0 Å². The molecule has 1 heteroatoms. The van der Waals surface area contributed by atoms with Gasteiger partial charge in [-0.25, -0.2) is 0 Å². The molecule has 1 nitrogen and oxygen atoms in total. The van der Waals surface area contributed by atoms with Crippen molar-refractivity contribution in [1.82, 2.24) is 0 Å². The molecule has 0 radical (unpaired) electrons. The summed E-state index contributed by atoms with van der Waals surface area (Å²) < 4.78 is 5.91. The Hall–Kier alpha value is -2.38. The van der Waals surface area contributed by atoms with Crippen LogP contribution in [0.15, 0.2) is 54.6 Å². The fraction of sp³-hybridized carbons (Fsp3) is 0.100. The van der Waals surface area contributed by atoms with Gasteiger partial charge in [0.05, 0.1) is 0 Å². The van der Waals surface area contributed by atoms with Gasteiger partial charge < -0.3 is 4.74 Å². The SMILES string of the molecule is C1=c2cccc3c2c(c2cccc4cccc3c42)C2OC12. The highest BCUT2D eigenvalue weighted by Gasteiger charge is 2.43. The third kappa shape index (κ3) is 1.13. The molecule has 0 aromatic heterocycles. The highest BCUT2D eigenvalue weighted by atomic mass is 16.6. The van der Waals surface area contributed by atoms with Crippen molar-refractivity contribution < 1.29 is 4.74 Å². The molecule has 21 heavy (non-hydrogen) atoms. The Labute approximate surface area is 121 Å². The van der Waals surface area contributed by atoms with Gasteiger partial charge in [-0.05, 0) is 43.6 Å². The molecule has 2 aliphatic rings. The Bertz CT molecular complexity index is 1120. The maximum Gasteiger partial charge on any atom is 0.114 e. The van der Waals surface area contributed by atoms with E-state index >= 15 is 0 Å². The highest BCUT2D eigenvalue weighted by molar-refractivity contribution is 6.23. The van der Waals surface area contributed by atoms with E-state index in [9.17, 15) is 0 Å². The topological polar surface area (TPSA) is 12.5 Å². The Morgan fingerprint density at radius 1 is 0.714 bits per heavy atom. The summed E-state index contributed by atoms with van der Waals surface area (Å²) >= 11 is 0. The number of benzene rings is 4. The molecule has 0 bridgehead atoms. The van der Waals surface area contributed by atoms with Crippen molar-refractivity contribution in [3.05, 3.63) is 65.4 Å². The lowest BCUT2D eigenvalue weighted by molar-refractivity contribution is 0.402. The first-order valence-electron chi connectivity index (χ1n) is 7.45. The van der Waals surface area contributed by atoms with E-state index in [2.05, 4.69) is 60.7 Å². The van der Waals surface area contributed by atoms with Crippen molar-refractivity contribution in [3.8, 4) is 0 Å². The maximum absolute atomic E-state index is 5.91. The summed E-state index contributed by atoms with van der Waals surface area (Å²) in [5.41, 5.74) is 1.40. The zero-order valence-corrected chi connectivity index (χ0v) is 11.3. The van der Waals surface area contributed by atoms with Crippen LogP contribution in [0.5, 0.6) is 0 Å². The van der Waals surface area contributed by atoms with Crippen molar-refractivity contribution in [1.29, 1.82) is 0 Å². The molecule has 4 aromatic carbocycles. The number of hydrogen-bond donors (Lipinski definition) is 0. The van der Waals surface area contributed by atoms with Gasteiger partial charge in [0.25, 0.3) is 0 Å². The number of rotatable bonds is 0. The summed E-state index contributed by atoms with van der Waals surface area (Å²) in [7, 11) is 0. The molecular formula is C20H12O. The van der Waals surface area contributed by atoms with Crippen LogP contribution in [0.3, 0.4) is 0 Å². The predicted molar refractivity (Wildman–Crippen MR) is 86.3 cm³/mol. The van der Waals surface area contributed by atoms with Crippen LogP contribution in [-0.4, -0.2) is 6.10 Å². The average molecular weight is 268 g/mol. The fourth-order valence-corrected chi connectivity index (χ4v) is 4.11. The number of fused-ring (bicyclic) bond motifs is 4. The monoisotopic (exact) mass is 268 g/mol. The van der Waals surface area contributed by atoms with Crippen LogP contribution in [0.25, 0.3) is 38.4 Å². The Morgan fingerprint density at radius 3 is 2.29 bits per heavy atom. The van der Waals surface area contributed by atoms with Crippen LogP contribution < -0.4 is 5.22 Å². The lowest BCUT2D eigenvalue weighted by Gasteiger charge is -2.16. The zero-order chi connectivity index (χ0) is 13.6. The second-order valence-electron chi connectivity index (χ2n) is 6.08. The van der Waals surface area contributed by atoms with E-state index in [1.807, 2.05) is 0 Å². The minimum absolute atomic E-state index is 0.262. The van der Waals surface area contributed by atoms with Crippen LogP contribution in [0.4, 0.5) is 0 Å². The molecule has 1 saturated heterocycles. The lowest BCUT2D eigenvalue weighted by atomic mass is 9.86. The standard InChI is InChI=1S/C20H12O/c1-4-11-5-2-9-15-17(11)13(7-1)14-8-3-6-12-10-16-20(21-16)19(15)18(12)14/h1-10,16,20H. The first-order chi connectivity index (χ1) is 10.4. The Kier molecular flexibility index (Phi) is 1.61. The summed E-state index contributed by atoms with van der Waals surface area (Å²) in [5.74, 6) is 0. The first-order valence-corrected chi connectivity index (χ1v) is 7.45. The fourth-order valence-electron chi connectivity index (χ4n) is 4.11. The predicted octanol–water partition coefficient (Wildman–Crippen LogP) is 4.10. The number of hydrogen-bond acceptors (Lipinski definition) is 1. The van der Waals surface area contributed by atoms with Gasteiger partial charge in [0.2, 0.25) is 0 Å². The van der Waals surface area contributed by atoms with Crippen LogP contribution >= 0.6 is 0 Å². The molecular weight excluding hydrogens is 256 g/mol. The van der Waals surface area contributed by atoms with E-state index in [0.717, 1.165) is 0 Å². The van der Waals surface area contributed by atoms with Crippen LogP contribution in [0.1, 0.15) is 11.7 Å². The number of ether oxygens (including phenoxy) is 1. The lowest BCUT2D eigenvalue weighted by Crippen LogP contribution is -2.11. The quantitative estimate of drug-likeness (QED) is 0.266. The molecule has 98 valence electrons. The largest absolute Gasteiger partial charge is 0.360 e.